The summed E-state index contributed by atoms with van der Waals surface area (Å²) >= 11 is 0. The molecule has 0 heterocycles. The van der Waals surface area contributed by atoms with Crippen molar-refractivity contribution in [1.29, 1.82) is 0 Å². The van der Waals surface area contributed by atoms with Crippen LogP contribution in [0.4, 0.5) is 0 Å². The summed E-state index contributed by atoms with van der Waals surface area (Å²) in [6, 6.07) is 0.380. The van der Waals surface area contributed by atoms with E-state index >= 15 is 0 Å². The number of nitrogens with zero attached hydrogens (tertiary/aromatic N) is 2. The molecule has 0 rings (SSSR count). The third kappa shape index (κ3) is 10.7. The molecule has 0 aliphatic carbocycles. The first-order valence-corrected chi connectivity index (χ1v) is 10.1. The van der Waals surface area contributed by atoms with E-state index in [9.17, 15) is 4.21 Å². The van der Waals surface area contributed by atoms with E-state index in [1.54, 1.807) is 7.05 Å². The average molecular weight is 347 g/mol. The van der Waals surface area contributed by atoms with Crippen LogP contribution in [0.2, 0.25) is 0 Å². The maximum atomic E-state index is 12.0. The van der Waals surface area contributed by atoms with Crippen LogP contribution in [0.15, 0.2) is 4.99 Å². The number of aliphatic imine (C=N–C) groups is 1. The molecule has 138 valence electrons. The second kappa shape index (κ2) is 11.8. The highest BCUT2D eigenvalue weighted by Crippen LogP contribution is 2.10. The molecule has 0 amide bonds. The lowest BCUT2D eigenvalue weighted by Gasteiger charge is -2.22. The molecule has 0 fully saturated rings. The van der Waals surface area contributed by atoms with Gasteiger partial charge in [-0.3, -0.25) is 9.20 Å². The van der Waals surface area contributed by atoms with E-state index in [2.05, 4.69) is 41.3 Å². The summed E-state index contributed by atoms with van der Waals surface area (Å²) in [7, 11) is 0.945. The van der Waals surface area contributed by atoms with Crippen molar-refractivity contribution in [2.45, 2.75) is 65.2 Å². The molecule has 0 radical (unpaired) electrons. The number of hydrogen-bond donors (Lipinski definition) is 2. The van der Waals surface area contributed by atoms with E-state index in [0.717, 1.165) is 32.0 Å². The summed E-state index contributed by atoms with van der Waals surface area (Å²) in [4.78, 5) is 6.69. The average Bonchev–Trinajstić information content (AvgIpc) is 2.49. The third-order valence-corrected chi connectivity index (χ3v) is 5.82. The van der Waals surface area contributed by atoms with Gasteiger partial charge in [0.1, 0.15) is 0 Å². The number of guanidine groups is 1. The molecular formula is C17H38N4OS. The number of nitrogens with one attached hydrogen (secondary N) is 2. The van der Waals surface area contributed by atoms with Gasteiger partial charge in [-0.25, -0.2) is 0 Å². The molecule has 0 saturated heterocycles. The largest absolute Gasteiger partial charge is 0.355 e. The summed E-state index contributed by atoms with van der Waals surface area (Å²) in [6.45, 7) is 16.7. The van der Waals surface area contributed by atoms with Crippen molar-refractivity contribution in [1.82, 2.24) is 15.5 Å². The lowest BCUT2D eigenvalue weighted by atomic mass is 10.2. The van der Waals surface area contributed by atoms with Gasteiger partial charge in [0.05, 0.1) is 0 Å². The van der Waals surface area contributed by atoms with Gasteiger partial charge in [0.15, 0.2) is 5.96 Å². The molecule has 0 aromatic heterocycles. The van der Waals surface area contributed by atoms with Crippen LogP contribution < -0.4 is 10.6 Å². The zero-order valence-corrected chi connectivity index (χ0v) is 17.1. The molecular weight excluding hydrogens is 308 g/mol. The minimum Gasteiger partial charge on any atom is -0.355 e. The zero-order chi connectivity index (χ0) is 17.9. The Hall–Kier alpha value is -0.620. The van der Waals surface area contributed by atoms with Crippen LogP contribution in [-0.4, -0.2) is 64.8 Å². The highest BCUT2D eigenvalue weighted by molar-refractivity contribution is 7.86. The smallest absolute Gasteiger partial charge is 0.191 e. The highest BCUT2D eigenvalue weighted by Gasteiger charge is 2.18. The second-order valence-electron chi connectivity index (χ2n) is 6.88. The van der Waals surface area contributed by atoms with Crippen LogP contribution in [0.5, 0.6) is 0 Å². The van der Waals surface area contributed by atoms with Gasteiger partial charge in [-0.1, -0.05) is 13.8 Å². The summed E-state index contributed by atoms with van der Waals surface area (Å²) < 4.78 is 11.9. The summed E-state index contributed by atoms with van der Waals surface area (Å²) in [5.74, 6) is 1.44. The first-order chi connectivity index (χ1) is 10.7. The molecule has 0 aromatic rings. The fourth-order valence-electron chi connectivity index (χ4n) is 2.23. The Balaban J connectivity index is 4.02. The Morgan fingerprint density at radius 1 is 1.26 bits per heavy atom. The van der Waals surface area contributed by atoms with E-state index < -0.39 is 10.8 Å². The minimum atomic E-state index is -0.832. The van der Waals surface area contributed by atoms with Gasteiger partial charge in [-0.15, -0.1) is 0 Å². The number of rotatable bonds is 10. The fourth-order valence-corrected chi connectivity index (χ4v) is 3.13. The Morgan fingerprint density at radius 3 is 2.35 bits per heavy atom. The van der Waals surface area contributed by atoms with E-state index in [-0.39, 0.29) is 4.75 Å². The maximum absolute atomic E-state index is 12.0. The topological polar surface area (TPSA) is 56.7 Å². The second-order valence-corrected chi connectivity index (χ2v) is 9.20. The molecule has 2 unspecified atom stereocenters. The predicted octanol–water partition coefficient (Wildman–Crippen LogP) is 2.21. The lowest BCUT2D eigenvalue weighted by Crippen LogP contribution is -2.44. The van der Waals surface area contributed by atoms with Gasteiger partial charge >= 0.3 is 0 Å². The summed E-state index contributed by atoms with van der Waals surface area (Å²) in [6.07, 6.45) is 2.30. The van der Waals surface area contributed by atoms with Crippen molar-refractivity contribution in [2.24, 2.45) is 4.99 Å². The van der Waals surface area contributed by atoms with Crippen molar-refractivity contribution >= 4 is 16.8 Å². The molecule has 6 heteroatoms. The summed E-state index contributed by atoms with van der Waals surface area (Å²) in [5.41, 5.74) is 0. The van der Waals surface area contributed by atoms with Crippen LogP contribution in [0.3, 0.4) is 0 Å². The molecule has 2 atom stereocenters. The minimum absolute atomic E-state index is 0.156. The van der Waals surface area contributed by atoms with Crippen LogP contribution in [0.25, 0.3) is 0 Å². The monoisotopic (exact) mass is 346 g/mol. The van der Waals surface area contributed by atoms with Crippen LogP contribution in [-0.2, 0) is 10.8 Å². The normalized spacial score (nSPS) is 15.6. The quantitative estimate of drug-likeness (QED) is 0.470. The molecule has 5 nitrogen and oxygen atoms in total. The Labute approximate surface area is 146 Å². The van der Waals surface area contributed by atoms with E-state index in [0.29, 0.717) is 18.3 Å². The fraction of sp³-hybridized carbons (Fsp3) is 0.941. The van der Waals surface area contributed by atoms with Crippen molar-refractivity contribution in [2.75, 3.05) is 39.0 Å². The van der Waals surface area contributed by atoms with Crippen LogP contribution in [0, 0.1) is 0 Å². The Kier molecular flexibility index (Phi) is 11.5. The van der Waals surface area contributed by atoms with Gasteiger partial charge in [0.25, 0.3) is 0 Å². The SMILES string of the molecule is CCN(CC)CCCC(C)NC(=NC)NCCS(=O)C(C)(C)C. The van der Waals surface area contributed by atoms with Crippen molar-refractivity contribution in [3.8, 4) is 0 Å². The predicted molar refractivity (Wildman–Crippen MR) is 104 cm³/mol. The molecule has 0 aromatic carbocycles. The molecule has 23 heavy (non-hydrogen) atoms. The Bertz CT molecular complexity index is 362. The molecule has 0 saturated carbocycles. The van der Waals surface area contributed by atoms with Gasteiger partial charge in [0, 0.05) is 40.9 Å². The van der Waals surface area contributed by atoms with Gasteiger partial charge in [-0.2, -0.15) is 0 Å². The van der Waals surface area contributed by atoms with Crippen molar-refractivity contribution in [3.63, 3.8) is 0 Å². The number of hydrogen-bond acceptors (Lipinski definition) is 3. The first-order valence-electron chi connectivity index (χ1n) is 8.82. The van der Waals surface area contributed by atoms with Gasteiger partial charge in [-0.05, 0) is 60.2 Å². The van der Waals surface area contributed by atoms with Crippen molar-refractivity contribution in [3.05, 3.63) is 0 Å². The Morgan fingerprint density at radius 2 is 1.87 bits per heavy atom. The van der Waals surface area contributed by atoms with E-state index in [1.807, 2.05) is 20.8 Å². The van der Waals surface area contributed by atoms with E-state index in [4.69, 9.17) is 0 Å². The van der Waals surface area contributed by atoms with E-state index in [1.165, 1.54) is 6.42 Å². The molecule has 0 spiro atoms. The molecule has 0 bridgehead atoms. The lowest BCUT2D eigenvalue weighted by molar-refractivity contribution is 0.292. The van der Waals surface area contributed by atoms with Crippen LogP contribution in [0.1, 0.15) is 54.4 Å². The van der Waals surface area contributed by atoms with Gasteiger partial charge < -0.3 is 15.5 Å². The standard InChI is InChI=1S/C17H38N4OS/c1-8-21(9-2)13-10-11-15(3)20-16(18-7)19-12-14-23(22)17(4,5)6/h15H,8-14H2,1-7H3,(H2,18,19,20). The highest BCUT2D eigenvalue weighted by atomic mass is 32.2. The summed E-state index contributed by atoms with van der Waals surface area (Å²) in [5, 5.41) is 6.67. The molecule has 2 N–H and O–H groups in total. The van der Waals surface area contributed by atoms with Crippen LogP contribution >= 0.6 is 0 Å². The van der Waals surface area contributed by atoms with Gasteiger partial charge in [0.2, 0.25) is 0 Å². The molecule has 0 aliphatic heterocycles. The first kappa shape index (κ1) is 22.4. The maximum Gasteiger partial charge on any atom is 0.191 e. The third-order valence-electron chi connectivity index (χ3n) is 3.88. The molecule has 0 aliphatic rings. The zero-order valence-electron chi connectivity index (χ0n) is 16.2. The van der Waals surface area contributed by atoms with Crippen molar-refractivity contribution < 1.29 is 4.21 Å².